The summed E-state index contributed by atoms with van der Waals surface area (Å²) in [6.45, 7) is 5.41. The molecule has 0 saturated carbocycles. The van der Waals surface area contributed by atoms with Gasteiger partial charge < -0.3 is 20.8 Å². The van der Waals surface area contributed by atoms with E-state index in [9.17, 15) is 9.59 Å². The van der Waals surface area contributed by atoms with Gasteiger partial charge in [0, 0.05) is 10.0 Å². The molecular weight excluding hydrogens is 451 g/mol. The maximum Gasteiger partial charge on any atom is 0.311 e. The predicted molar refractivity (Wildman–Crippen MR) is 125 cm³/mol. The Bertz CT molecular complexity index is 1090. The van der Waals surface area contributed by atoms with Gasteiger partial charge in [0.1, 0.15) is 11.4 Å². The third kappa shape index (κ3) is 6.22. The SMILES string of the molecule is CC(C)(C)OC(=O)C(Cc1ccc(Cl)cc1Cl)[C@@H](N)C(=O)NCc1nc2ccccc2[nH]1. The molecule has 0 spiro atoms. The van der Waals surface area contributed by atoms with Crippen molar-refractivity contribution in [3.05, 3.63) is 63.9 Å². The van der Waals surface area contributed by atoms with Gasteiger partial charge in [-0.25, -0.2) is 4.98 Å². The van der Waals surface area contributed by atoms with E-state index in [-0.39, 0.29) is 13.0 Å². The highest BCUT2D eigenvalue weighted by atomic mass is 35.5. The van der Waals surface area contributed by atoms with E-state index in [4.69, 9.17) is 33.7 Å². The Kier molecular flexibility index (Phi) is 7.44. The molecule has 32 heavy (non-hydrogen) atoms. The molecule has 0 aliphatic rings. The van der Waals surface area contributed by atoms with Gasteiger partial charge >= 0.3 is 5.97 Å². The second-order valence-corrected chi connectivity index (χ2v) is 9.37. The van der Waals surface area contributed by atoms with Gasteiger partial charge in [-0.1, -0.05) is 41.4 Å². The van der Waals surface area contributed by atoms with Crippen molar-refractivity contribution in [2.24, 2.45) is 11.7 Å². The minimum absolute atomic E-state index is 0.129. The zero-order valence-electron chi connectivity index (χ0n) is 18.1. The second-order valence-electron chi connectivity index (χ2n) is 8.52. The Morgan fingerprint density at radius 2 is 1.91 bits per heavy atom. The average molecular weight is 477 g/mol. The number of para-hydroxylation sites is 2. The lowest BCUT2D eigenvalue weighted by Gasteiger charge is -2.27. The molecule has 2 aromatic carbocycles. The molecule has 7 nitrogen and oxygen atoms in total. The van der Waals surface area contributed by atoms with Gasteiger partial charge in [-0.05, 0) is 57.0 Å². The highest BCUT2D eigenvalue weighted by molar-refractivity contribution is 6.35. The standard InChI is InChI=1S/C23H26Cl2N4O3/c1-23(2,3)32-22(31)15(10-13-8-9-14(24)11-16(13)25)20(26)21(30)27-12-19-28-17-6-4-5-7-18(17)29-19/h4-9,11,15,20H,10,12,26H2,1-3H3,(H,27,30)(H,28,29)/t15?,20-/m1/s1. The Balaban J connectivity index is 1.75. The smallest absolute Gasteiger partial charge is 0.311 e. The summed E-state index contributed by atoms with van der Waals surface area (Å²) >= 11 is 12.3. The molecule has 1 aromatic heterocycles. The van der Waals surface area contributed by atoms with E-state index in [0.29, 0.717) is 21.4 Å². The number of ether oxygens (including phenoxy) is 1. The first-order valence-corrected chi connectivity index (χ1v) is 10.9. The van der Waals surface area contributed by atoms with E-state index in [1.807, 2.05) is 24.3 Å². The third-order valence-electron chi connectivity index (χ3n) is 4.77. The van der Waals surface area contributed by atoms with Crippen molar-refractivity contribution < 1.29 is 14.3 Å². The van der Waals surface area contributed by atoms with Gasteiger partial charge in [-0.3, -0.25) is 9.59 Å². The average Bonchev–Trinajstić information content (AvgIpc) is 3.12. The van der Waals surface area contributed by atoms with Gasteiger partial charge in [0.25, 0.3) is 0 Å². The number of hydrogen-bond donors (Lipinski definition) is 3. The summed E-state index contributed by atoms with van der Waals surface area (Å²) in [4.78, 5) is 33.3. The van der Waals surface area contributed by atoms with E-state index in [1.165, 1.54) is 0 Å². The summed E-state index contributed by atoms with van der Waals surface area (Å²) in [7, 11) is 0. The van der Waals surface area contributed by atoms with E-state index < -0.39 is 29.4 Å². The Morgan fingerprint density at radius 1 is 1.19 bits per heavy atom. The molecule has 3 aromatic rings. The number of amides is 1. The summed E-state index contributed by atoms with van der Waals surface area (Å²) in [5.41, 5.74) is 7.81. The number of nitrogens with one attached hydrogen (secondary N) is 2. The lowest BCUT2D eigenvalue weighted by molar-refractivity contribution is -0.162. The lowest BCUT2D eigenvalue weighted by Crippen LogP contribution is -2.50. The monoisotopic (exact) mass is 476 g/mol. The molecule has 170 valence electrons. The number of carbonyl (C=O) groups is 2. The van der Waals surface area contributed by atoms with Gasteiger partial charge in [-0.2, -0.15) is 0 Å². The van der Waals surface area contributed by atoms with Crippen LogP contribution in [0.5, 0.6) is 0 Å². The highest BCUT2D eigenvalue weighted by Gasteiger charge is 2.35. The summed E-state index contributed by atoms with van der Waals surface area (Å²) in [5.74, 6) is -1.42. The van der Waals surface area contributed by atoms with Crippen LogP contribution >= 0.6 is 23.2 Å². The number of esters is 1. The molecule has 1 heterocycles. The fraction of sp³-hybridized carbons (Fsp3) is 0.348. The zero-order valence-corrected chi connectivity index (χ0v) is 19.6. The van der Waals surface area contributed by atoms with Crippen LogP contribution in [0.25, 0.3) is 11.0 Å². The topological polar surface area (TPSA) is 110 Å². The molecule has 0 aliphatic carbocycles. The van der Waals surface area contributed by atoms with Crippen molar-refractivity contribution in [2.45, 2.75) is 45.4 Å². The van der Waals surface area contributed by atoms with Crippen molar-refractivity contribution >= 4 is 46.1 Å². The van der Waals surface area contributed by atoms with Gasteiger partial charge in [-0.15, -0.1) is 0 Å². The first kappa shape index (κ1) is 24.0. The number of aromatic nitrogens is 2. The molecule has 4 N–H and O–H groups in total. The van der Waals surface area contributed by atoms with Crippen LogP contribution < -0.4 is 11.1 Å². The molecule has 9 heteroatoms. The van der Waals surface area contributed by atoms with Crippen LogP contribution in [0, 0.1) is 5.92 Å². The molecule has 1 unspecified atom stereocenters. The van der Waals surface area contributed by atoms with E-state index in [2.05, 4.69) is 15.3 Å². The van der Waals surface area contributed by atoms with E-state index >= 15 is 0 Å². The minimum atomic E-state index is -1.15. The van der Waals surface area contributed by atoms with Crippen molar-refractivity contribution in [1.82, 2.24) is 15.3 Å². The first-order valence-electron chi connectivity index (χ1n) is 10.2. The Labute approximate surface area is 196 Å². The summed E-state index contributed by atoms with van der Waals surface area (Å²) < 4.78 is 5.52. The van der Waals surface area contributed by atoms with Crippen LogP contribution in [0.15, 0.2) is 42.5 Å². The normalized spacial score (nSPS) is 13.6. The lowest BCUT2D eigenvalue weighted by atomic mass is 9.91. The predicted octanol–water partition coefficient (Wildman–Crippen LogP) is 4.01. The number of halogens is 2. The van der Waals surface area contributed by atoms with Crippen molar-refractivity contribution in [3.63, 3.8) is 0 Å². The largest absolute Gasteiger partial charge is 0.460 e. The molecule has 0 bridgehead atoms. The number of fused-ring (bicyclic) bond motifs is 1. The molecule has 2 atom stereocenters. The molecular formula is C23H26Cl2N4O3. The fourth-order valence-corrected chi connectivity index (χ4v) is 3.70. The molecule has 0 fully saturated rings. The quantitative estimate of drug-likeness (QED) is 0.446. The summed E-state index contributed by atoms with van der Waals surface area (Å²) in [6.07, 6.45) is 0.129. The van der Waals surface area contributed by atoms with Crippen LogP contribution in [-0.2, 0) is 27.3 Å². The van der Waals surface area contributed by atoms with Gasteiger partial charge in [0.05, 0.1) is 29.5 Å². The number of benzene rings is 2. The number of aromatic amines is 1. The van der Waals surface area contributed by atoms with Crippen molar-refractivity contribution in [3.8, 4) is 0 Å². The third-order valence-corrected chi connectivity index (χ3v) is 5.36. The minimum Gasteiger partial charge on any atom is -0.460 e. The van der Waals surface area contributed by atoms with Crippen LogP contribution in [0.2, 0.25) is 10.0 Å². The number of nitrogens with two attached hydrogens (primary N) is 1. The molecule has 0 saturated heterocycles. The highest BCUT2D eigenvalue weighted by Crippen LogP contribution is 2.26. The van der Waals surface area contributed by atoms with Crippen molar-refractivity contribution in [1.29, 1.82) is 0 Å². The Morgan fingerprint density at radius 3 is 2.56 bits per heavy atom. The fourth-order valence-electron chi connectivity index (χ4n) is 3.22. The second kappa shape index (κ2) is 9.90. The molecule has 0 radical (unpaired) electrons. The molecule has 1 amide bonds. The van der Waals surface area contributed by atoms with E-state index in [1.54, 1.807) is 39.0 Å². The van der Waals surface area contributed by atoms with Crippen LogP contribution in [0.3, 0.4) is 0 Å². The van der Waals surface area contributed by atoms with E-state index in [0.717, 1.165) is 11.0 Å². The molecule has 0 aliphatic heterocycles. The number of nitrogens with zero attached hydrogens (tertiary/aromatic N) is 1. The Hall–Kier alpha value is -2.61. The maximum absolute atomic E-state index is 12.9. The van der Waals surface area contributed by atoms with Crippen LogP contribution in [0.1, 0.15) is 32.2 Å². The number of H-pyrrole nitrogens is 1. The number of rotatable bonds is 7. The number of carbonyl (C=O) groups excluding carboxylic acids is 2. The maximum atomic E-state index is 12.9. The molecule has 3 rings (SSSR count). The number of imidazole rings is 1. The van der Waals surface area contributed by atoms with Gasteiger partial charge in [0.15, 0.2) is 0 Å². The van der Waals surface area contributed by atoms with Crippen LogP contribution in [-0.4, -0.2) is 33.5 Å². The number of hydrogen-bond acceptors (Lipinski definition) is 5. The van der Waals surface area contributed by atoms with Crippen LogP contribution in [0.4, 0.5) is 0 Å². The van der Waals surface area contributed by atoms with Crippen molar-refractivity contribution in [2.75, 3.05) is 0 Å². The zero-order chi connectivity index (χ0) is 23.5. The van der Waals surface area contributed by atoms with Gasteiger partial charge in [0.2, 0.25) is 5.91 Å². The first-order chi connectivity index (χ1) is 15.0. The summed E-state index contributed by atoms with van der Waals surface area (Å²) in [5, 5.41) is 3.61. The summed E-state index contributed by atoms with van der Waals surface area (Å²) in [6, 6.07) is 11.4.